The van der Waals surface area contributed by atoms with Gasteiger partial charge in [-0.05, 0) is 6.07 Å². The molecule has 0 aliphatic heterocycles. The van der Waals surface area contributed by atoms with E-state index in [2.05, 4.69) is 5.32 Å². The molecule has 2 rings (SSSR count). The third-order valence-electron chi connectivity index (χ3n) is 2.72. The SMILES string of the molecule is O=C(NCCS(=O)(=O)O)OCc1cc(=O)oc2ccccc12. The molecule has 8 nitrogen and oxygen atoms in total. The van der Waals surface area contributed by atoms with E-state index in [0.29, 0.717) is 16.5 Å². The predicted molar refractivity (Wildman–Crippen MR) is 77.1 cm³/mol. The van der Waals surface area contributed by atoms with Crippen molar-refractivity contribution in [2.45, 2.75) is 6.61 Å². The number of para-hydroxylation sites is 1. The molecule has 0 aliphatic carbocycles. The molecule has 0 atom stereocenters. The first-order valence-corrected chi connectivity index (χ1v) is 7.83. The van der Waals surface area contributed by atoms with Crippen LogP contribution in [0, 0.1) is 0 Å². The van der Waals surface area contributed by atoms with Gasteiger partial charge >= 0.3 is 11.7 Å². The van der Waals surface area contributed by atoms with Gasteiger partial charge in [0, 0.05) is 23.6 Å². The molecule has 2 N–H and O–H groups in total. The van der Waals surface area contributed by atoms with Gasteiger partial charge in [0.2, 0.25) is 0 Å². The van der Waals surface area contributed by atoms with Crippen molar-refractivity contribution < 1.29 is 26.9 Å². The van der Waals surface area contributed by atoms with Crippen LogP contribution in [-0.4, -0.2) is 31.4 Å². The van der Waals surface area contributed by atoms with Crippen LogP contribution < -0.4 is 10.9 Å². The molecular weight excluding hydrogens is 314 g/mol. The van der Waals surface area contributed by atoms with E-state index in [-0.39, 0.29) is 13.2 Å². The molecule has 1 heterocycles. The van der Waals surface area contributed by atoms with Gasteiger partial charge in [-0.2, -0.15) is 8.42 Å². The molecule has 0 fully saturated rings. The number of fused-ring (bicyclic) bond motifs is 1. The van der Waals surface area contributed by atoms with E-state index < -0.39 is 27.6 Å². The highest BCUT2D eigenvalue weighted by atomic mass is 32.2. The number of ether oxygens (including phenoxy) is 1. The molecule has 0 bridgehead atoms. The van der Waals surface area contributed by atoms with E-state index in [1.807, 2.05) is 0 Å². The van der Waals surface area contributed by atoms with Gasteiger partial charge < -0.3 is 14.5 Å². The van der Waals surface area contributed by atoms with Crippen molar-refractivity contribution in [2.75, 3.05) is 12.3 Å². The van der Waals surface area contributed by atoms with Crippen LogP contribution in [-0.2, 0) is 21.5 Å². The Kier molecular flexibility index (Phi) is 4.78. The Morgan fingerprint density at radius 1 is 1.32 bits per heavy atom. The van der Waals surface area contributed by atoms with Crippen molar-refractivity contribution in [3.63, 3.8) is 0 Å². The molecule has 0 saturated carbocycles. The van der Waals surface area contributed by atoms with Crippen LogP contribution in [0.25, 0.3) is 11.0 Å². The Labute approximate surface area is 125 Å². The topological polar surface area (TPSA) is 123 Å². The van der Waals surface area contributed by atoms with Crippen LogP contribution in [0.5, 0.6) is 0 Å². The average molecular weight is 327 g/mol. The molecule has 0 saturated heterocycles. The van der Waals surface area contributed by atoms with Crippen molar-refractivity contribution in [3.8, 4) is 0 Å². The maximum absolute atomic E-state index is 11.4. The van der Waals surface area contributed by atoms with Crippen LogP contribution in [0.2, 0.25) is 0 Å². The smallest absolute Gasteiger partial charge is 0.407 e. The number of rotatable bonds is 5. The van der Waals surface area contributed by atoms with Crippen LogP contribution in [0.3, 0.4) is 0 Å². The number of carbonyl (C=O) groups is 1. The highest BCUT2D eigenvalue weighted by Crippen LogP contribution is 2.17. The van der Waals surface area contributed by atoms with Gasteiger partial charge in [-0.1, -0.05) is 18.2 Å². The summed E-state index contributed by atoms with van der Waals surface area (Å²) in [5, 5.41) is 2.80. The summed E-state index contributed by atoms with van der Waals surface area (Å²) in [6, 6.07) is 8.00. The van der Waals surface area contributed by atoms with Crippen molar-refractivity contribution in [1.82, 2.24) is 5.32 Å². The van der Waals surface area contributed by atoms with E-state index in [1.54, 1.807) is 24.3 Å². The largest absolute Gasteiger partial charge is 0.445 e. The number of nitrogens with one attached hydrogen (secondary N) is 1. The van der Waals surface area contributed by atoms with Gasteiger partial charge in [0.1, 0.15) is 12.2 Å². The summed E-state index contributed by atoms with van der Waals surface area (Å²) in [6.45, 7) is -0.459. The number of alkyl carbamates (subject to hydrolysis) is 1. The predicted octanol–water partition coefficient (Wildman–Crippen LogP) is 0.907. The molecule has 0 unspecified atom stereocenters. The quantitative estimate of drug-likeness (QED) is 0.618. The first-order valence-electron chi connectivity index (χ1n) is 6.23. The van der Waals surface area contributed by atoms with Crippen molar-refractivity contribution in [3.05, 3.63) is 46.3 Å². The molecule has 1 amide bonds. The van der Waals surface area contributed by atoms with Crippen LogP contribution in [0.15, 0.2) is 39.5 Å². The fourth-order valence-corrected chi connectivity index (χ4v) is 2.13. The zero-order chi connectivity index (χ0) is 16.2. The van der Waals surface area contributed by atoms with Gasteiger partial charge in [0.15, 0.2) is 0 Å². The number of hydrogen-bond acceptors (Lipinski definition) is 6. The standard InChI is InChI=1S/C13H13NO7S/c15-12-7-9(10-3-1-2-4-11(10)21-12)8-20-13(16)14-5-6-22(17,18)19/h1-4,7H,5-6,8H2,(H,14,16)(H,17,18,19). The minimum Gasteiger partial charge on any atom is -0.445 e. The Hall–Kier alpha value is -2.39. The van der Waals surface area contributed by atoms with Gasteiger partial charge in [-0.3, -0.25) is 4.55 Å². The lowest BCUT2D eigenvalue weighted by Crippen LogP contribution is -2.29. The van der Waals surface area contributed by atoms with E-state index in [0.717, 1.165) is 0 Å². The summed E-state index contributed by atoms with van der Waals surface area (Å²) in [7, 11) is -4.15. The monoisotopic (exact) mass is 327 g/mol. The molecular formula is C13H13NO7S. The third kappa shape index (κ3) is 4.57. The van der Waals surface area contributed by atoms with Crippen molar-refractivity contribution in [1.29, 1.82) is 0 Å². The van der Waals surface area contributed by atoms with Gasteiger partial charge in [0.05, 0.1) is 5.75 Å². The minimum absolute atomic E-state index is 0.177. The molecule has 9 heteroatoms. The summed E-state index contributed by atoms with van der Waals surface area (Å²) in [5.41, 5.74) is 0.279. The molecule has 118 valence electrons. The minimum atomic E-state index is -4.15. The summed E-state index contributed by atoms with van der Waals surface area (Å²) in [4.78, 5) is 22.8. The normalized spacial score (nSPS) is 11.3. The first kappa shape index (κ1) is 16.0. The summed E-state index contributed by atoms with van der Waals surface area (Å²) >= 11 is 0. The Morgan fingerprint density at radius 3 is 2.77 bits per heavy atom. The molecule has 0 aliphatic rings. The highest BCUT2D eigenvalue weighted by molar-refractivity contribution is 7.85. The molecule has 22 heavy (non-hydrogen) atoms. The van der Waals surface area contributed by atoms with E-state index in [1.165, 1.54) is 6.07 Å². The zero-order valence-corrected chi connectivity index (χ0v) is 12.1. The molecule has 0 spiro atoms. The third-order valence-corrected chi connectivity index (χ3v) is 3.44. The van der Waals surface area contributed by atoms with Crippen molar-refractivity contribution >= 4 is 27.2 Å². The van der Waals surface area contributed by atoms with E-state index in [4.69, 9.17) is 13.7 Å². The fraction of sp³-hybridized carbons (Fsp3) is 0.231. The Bertz CT molecular complexity index is 841. The lowest BCUT2D eigenvalue weighted by Gasteiger charge is -2.08. The number of amides is 1. The highest BCUT2D eigenvalue weighted by Gasteiger charge is 2.09. The van der Waals surface area contributed by atoms with Crippen LogP contribution in [0.1, 0.15) is 5.56 Å². The molecule has 0 radical (unpaired) electrons. The van der Waals surface area contributed by atoms with Gasteiger partial charge in [-0.15, -0.1) is 0 Å². The van der Waals surface area contributed by atoms with Gasteiger partial charge in [-0.25, -0.2) is 9.59 Å². The number of benzene rings is 1. The number of hydrogen-bond donors (Lipinski definition) is 2. The second-order valence-electron chi connectivity index (χ2n) is 4.38. The maximum atomic E-state index is 11.4. The summed E-state index contributed by atoms with van der Waals surface area (Å²) < 4.78 is 39.4. The second-order valence-corrected chi connectivity index (χ2v) is 5.95. The average Bonchev–Trinajstić information content (AvgIpc) is 2.43. The van der Waals surface area contributed by atoms with Crippen molar-refractivity contribution in [2.24, 2.45) is 0 Å². The van der Waals surface area contributed by atoms with Crippen LogP contribution in [0.4, 0.5) is 4.79 Å². The maximum Gasteiger partial charge on any atom is 0.407 e. The molecule has 1 aromatic carbocycles. The van der Waals surface area contributed by atoms with E-state index in [9.17, 15) is 18.0 Å². The Balaban J connectivity index is 2.00. The second kappa shape index (κ2) is 6.58. The lowest BCUT2D eigenvalue weighted by atomic mass is 10.1. The number of carbonyl (C=O) groups excluding carboxylic acids is 1. The summed E-state index contributed by atoms with van der Waals surface area (Å²) in [5.74, 6) is -0.611. The van der Waals surface area contributed by atoms with Crippen LogP contribution >= 0.6 is 0 Å². The van der Waals surface area contributed by atoms with Gasteiger partial charge in [0.25, 0.3) is 10.1 Å². The first-order chi connectivity index (χ1) is 10.3. The van der Waals surface area contributed by atoms with E-state index >= 15 is 0 Å². The lowest BCUT2D eigenvalue weighted by molar-refractivity contribution is 0.140. The fourth-order valence-electron chi connectivity index (χ4n) is 1.77. The molecule has 2 aromatic rings. The Morgan fingerprint density at radius 2 is 2.05 bits per heavy atom. The zero-order valence-electron chi connectivity index (χ0n) is 11.3. The summed E-state index contributed by atoms with van der Waals surface area (Å²) in [6.07, 6.45) is -0.860. The molecule has 1 aromatic heterocycles.